The molecule has 0 aliphatic heterocycles. The maximum atomic E-state index is 12.3. The van der Waals surface area contributed by atoms with Crippen LogP contribution in [0, 0.1) is 0 Å². The van der Waals surface area contributed by atoms with Crippen molar-refractivity contribution in [1.82, 2.24) is 9.88 Å². The summed E-state index contributed by atoms with van der Waals surface area (Å²) < 4.78 is 0. The zero-order valence-corrected chi connectivity index (χ0v) is 13.3. The van der Waals surface area contributed by atoms with Crippen molar-refractivity contribution in [2.45, 2.75) is 19.3 Å². The van der Waals surface area contributed by atoms with Crippen molar-refractivity contribution in [3.8, 4) is 0 Å². The third-order valence-corrected chi connectivity index (χ3v) is 3.88. The molecule has 4 heteroatoms. The van der Waals surface area contributed by atoms with Gasteiger partial charge in [-0.05, 0) is 37.1 Å². The molecule has 0 aliphatic carbocycles. The van der Waals surface area contributed by atoms with Crippen molar-refractivity contribution in [2.75, 3.05) is 18.9 Å². The lowest BCUT2D eigenvalue weighted by atomic mass is 10.1. The molecule has 3 nitrogen and oxygen atoms in total. The van der Waals surface area contributed by atoms with Gasteiger partial charge in [-0.3, -0.25) is 9.78 Å². The number of alkyl halides is 1. The van der Waals surface area contributed by atoms with Crippen LogP contribution in [0.1, 0.15) is 29.6 Å². The number of benzene rings is 1. The van der Waals surface area contributed by atoms with Gasteiger partial charge >= 0.3 is 0 Å². The molecule has 2 rings (SSSR count). The normalized spacial score (nSPS) is 10.7. The predicted molar refractivity (Wildman–Crippen MR) is 86.3 cm³/mol. The molecule has 1 aromatic carbocycles. The zero-order valence-electron chi connectivity index (χ0n) is 11.7. The first-order valence-corrected chi connectivity index (χ1v) is 8.01. The van der Waals surface area contributed by atoms with Gasteiger partial charge < -0.3 is 4.90 Å². The second kappa shape index (κ2) is 7.39. The summed E-state index contributed by atoms with van der Waals surface area (Å²) in [6.07, 6.45) is 5.11. The van der Waals surface area contributed by atoms with E-state index in [4.69, 9.17) is 0 Å². The predicted octanol–water partition coefficient (Wildman–Crippen LogP) is 3.87. The Morgan fingerprint density at radius 2 is 2.10 bits per heavy atom. The summed E-state index contributed by atoms with van der Waals surface area (Å²) in [6.45, 7) is 0.802. The number of fused-ring (bicyclic) bond motifs is 1. The van der Waals surface area contributed by atoms with Gasteiger partial charge in [-0.25, -0.2) is 0 Å². The third kappa shape index (κ3) is 3.79. The van der Waals surface area contributed by atoms with Crippen molar-refractivity contribution in [3.05, 3.63) is 42.1 Å². The van der Waals surface area contributed by atoms with Gasteiger partial charge in [0.05, 0.1) is 5.52 Å². The number of hydrogen-bond acceptors (Lipinski definition) is 2. The minimum absolute atomic E-state index is 0.0783. The van der Waals surface area contributed by atoms with Crippen molar-refractivity contribution < 1.29 is 4.79 Å². The van der Waals surface area contributed by atoms with E-state index in [1.807, 2.05) is 37.4 Å². The summed E-state index contributed by atoms with van der Waals surface area (Å²) >= 11 is 3.42. The standard InChI is InChI=1S/C16H19BrN2O/c1-19(11-4-2-3-9-17)16(20)14-7-8-15-13(12-14)6-5-10-18-15/h5-8,10,12H,2-4,9,11H2,1H3. The minimum atomic E-state index is 0.0783. The molecule has 0 atom stereocenters. The van der Waals surface area contributed by atoms with E-state index in [-0.39, 0.29) is 5.91 Å². The Morgan fingerprint density at radius 1 is 1.25 bits per heavy atom. The molecule has 0 radical (unpaired) electrons. The first-order chi connectivity index (χ1) is 9.72. The molecule has 106 valence electrons. The second-order valence-corrected chi connectivity index (χ2v) is 5.68. The Bertz CT molecular complexity index is 585. The lowest BCUT2D eigenvalue weighted by molar-refractivity contribution is 0.0793. The molecule has 0 unspecified atom stereocenters. The highest BCUT2D eigenvalue weighted by atomic mass is 79.9. The van der Waals surface area contributed by atoms with E-state index in [1.54, 1.807) is 11.1 Å². The van der Waals surface area contributed by atoms with Crippen LogP contribution in [0.3, 0.4) is 0 Å². The van der Waals surface area contributed by atoms with Gasteiger partial charge in [-0.2, -0.15) is 0 Å². The number of carbonyl (C=O) groups is 1. The quantitative estimate of drug-likeness (QED) is 0.593. The summed E-state index contributed by atoms with van der Waals surface area (Å²) in [4.78, 5) is 18.4. The lowest BCUT2D eigenvalue weighted by Gasteiger charge is -2.17. The minimum Gasteiger partial charge on any atom is -0.342 e. The number of halogens is 1. The highest BCUT2D eigenvalue weighted by molar-refractivity contribution is 9.09. The number of amides is 1. The maximum absolute atomic E-state index is 12.3. The van der Waals surface area contributed by atoms with Gasteiger partial charge in [0, 0.05) is 36.1 Å². The molecule has 0 spiro atoms. The van der Waals surface area contributed by atoms with Crippen LogP contribution in [-0.4, -0.2) is 34.7 Å². The van der Waals surface area contributed by atoms with Crippen LogP contribution in [0.25, 0.3) is 10.9 Å². The number of hydrogen-bond donors (Lipinski definition) is 0. The van der Waals surface area contributed by atoms with Gasteiger partial charge in [0.1, 0.15) is 0 Å². The van der Waals surface area contributed by atoms with Crippen LogP contribution in [0.4, 0.5) is 0 Å². The average Bonchev–Trinajstić information content (AvgIpc) is 2.50. The molecule has 20 heavy (non-hydrogen) atoms. The summed E-state index contributed by atoms with van der Waals surface area (Å²) in [5.74, 6) is 0.0783. The van der Waals surface area contributed by atoms with Crippen LogP contribution in [-0.2, 0) is 0 Å². The Balaban J connectivity index is 2.02. The molecule has 0 N–H and O–H groups in total. The first kappa shape index (κ1) is 15.0. The number of aromatic nitrogens is 1. The molecule has 0 fully saturated rings. The smallest absolute Gasteiger partial charge is 0.253 e. The van der Waals surface area contributed by atoms with E-state index in [1.165, 1.54) is 0 Å². The SMILES string of the molecule is CN(CCCCCBr)C(=O)c1ccc2ncccc2c1. The monoisotopic (exact) mass is 334 g/mol. The van der Waals surface area contributed by atoms with Crippen molar-refractivity contribution in [2.24, 2.45) is 0 Å². The molecule has 0 aliphatic rings. The van der Waals surface area contributed by atoms with Crippen LogP contribution in [0.15, 0.2) is 36.5 Å². The second-order valence-electron chi connectivity index (χ2n) is 4.89. The van der Waals surface area contributed by atoms with Gasteiger partial charge in [0.15, 0.2) is 0 Å². The lowest BCUT2D eigenvalue weighted by Crippen LogP contribution is -2.27. The zero-order chi connectivity index (χ0) is 14.4. The van der Waals surface area contributed by atoms with Crippen molar-refractivity contribution >= 4 is 32.7 Å². The Kier molecular flexibility index (Phi) is 5.53. The van der Waals surface area contributed by atoms with Crippen LogP contribution in [0.2, 0.25) is 0 Å². The summed E-state index contributed by atoms with van der Waals surface area (Å²) in [5.41, 5.74) is 1.65. The molecular weight excluding hydrogens is 316 g/mol. The van der Waals surface area contributed by atoms with E-state index < -0.39 is 0 Å². The average molecular weight is 335 g/mol. The third-order valence-electron chi connectivity index (χ3n) is 3.32. The molecule has 0 bridgehead atoms. The summed E-state index contributed by atoms with van der Waals surface area (Å²) in [5, 5.41) is 2.04. The number of rotatable bonds is 6. The molecule has 0 saturated heterocycles. The van der Waals surface area contributed by atoms with E-state index >= 15 is 0 Å². The van der Waals surface area contributed by atoms with Crippen LogP contribution < -0.4 is 0 Å². The topological polar surface area (TPSA) is 33.2 Å². The van der Waals surface area contributed by atoms with Gasteiger partial charge in [0.25, 0.3) is 5.91 Å². The van der Waals surface area contributed by atoms with E-state index in [0.717, 1.165) is 47.6 Å². The van der Waals surface area contributed by atoms with Gasteiger partial charge in [-0.15, -0.1) is 0 Å². The van der Waals surface area contributed by atoms with Gasteiger partial charge in [0.2, 0.25) is 0 Å². The highest BCUT2D eigenvalue weighted by Crippen LogP contribution is 2.15. The molecular formula is C16H19BrN2O. The molecule has 1 heterocycles. The van der Waals surface area contributed by atoms with Crippen LogP contribution in [0.5, 0.6) is 0 Å². The Hall–Kier alpha value is -1.42. The van der Waals surface area contributed by atoms with E-state index in [0.29, 0.717) is 0 Å². The molecule has 1 aromatic heterocycles. The van der Waals surface area contributed by atoms with Crippen LogP contribution >= 0.6 is 15.9 Å². The van der Waals surface area contributed by atoms with Crippen molar-refractivity contribution in [3.63, 3.8) is 0 Å². The summed E-state index contributed by atoms with van der Waals surface area (Å²) in [6, 6.07) is 9.54. The first-order valence-electron chi connectivity index (χ1n) is 6.88. The Morgan fingerprint density at radius 3 is 2.90 bits per heavy atom. The molecule has 1 amide bonds. The van der Waals surface area contributed by atoms with Crippen molar-refractivity contribution in [1.29, 1.82) is 0 Å². The fourth-order valence-electron chi connectivity index (χ4n) is 2.15. The van der Waals surface area contributed by atoms with E-state index in [9.17, 15) is 4.79 Å². The number of nitrogens with zero attached hydrogens (tertiary/aromatic N) is 2. The highest BCUT2D eigenvalue weighted by Gasteiger charge is 2.11. The maximum Gasteiger partial charge on any atom is 0.253 e. The molecule has 2 aromatic rings. The fourth-order valence-corrected chi connectivity index (χ4v) is 2.55. The number of carbonyl (C=O) groups excluding carboxylic acids is 1. The fraction of sp³-hybridized carbons (Fsp3) is 0.375. The van der Waals surface area contributed by atoms with E-state index in [2.05, 4.69) is 20.9 Å². The Labute approximate surface area is 128 Å². The summed E-state index contributed by atoms with van der Waals surface area (Å²) in [7, 11) is 1.86. The molecule has 0 saturated carbocycles. The van der Waals surface area contributed by atoms with Gasteiger partial charge in [-0.1, -0.05) is 28.4 Å². The number of pyridine rings is 1. The number of unbranched alkanes of at least 4 members (excludes halogenated alkanes) is 2. The largest absolute Gasteiger partial charge is 0.342 e.